The zero-order valence-corrected chi connectivity index (χ0v) is 11.0. The Morgan fingerprint density at radius 1 is 1.13 bits per heavy atom. The van der Waals surface area contributed by atoms with E-state index in [1.165, 1.54) is 25.7 Å². The van der Waals surface area contributed by atoms with Crippen LogP contribution >= 0.6 is 0 Å². The summed E-state index contributed by atoms with van der Waals surface area (Å²) in [5.41, 5.74) is 0. The third-order valence-electron chi connectivity index (χ3n) is 2.43. The van der Waals surface area contributed by atoms with Crippen molar-refractivity contribution in [3.63, 3.8) is 0 Å². The number of nitrogens with one attached hydrogen (secondary N) is 1. The van der Waals surface area contributed by atoms with Gasteiger partial charge in [0.1, 0.15) is 0 Å². The fourth-order valence-corrected chi connectivity index (χ4v) is 1.50. The second kappa shape index (κ2) is 10.4. The molecule has 0 aliphatic carbocycles. The van der Waals surface area contributed by atoms with Gasteiger partial charge in [0.15, 0.2) is 0 Å². The lowest BCUT2D eigenvalue weighted by Crippen LogP contribution is -2.29. The van der Waals surface area contributed by atoms with Crippen LogP contribution in [0.4, 0.5) is 0 Å². The van der Waals surface area contributed by atoms with Gasteiger partial charge < -0.3 is 10.1 Å². The maximum absolute atomic E-state index is 5.51. The lowest BCUT2D eigenvalue weighted by molar-refractivity contribution is 0.110. The molecule has 0 aromatic carbocycles. The molecule has 0 aliphatic rings. The second-order valence-electron chi connectivity index (χ2n) is 4.82. The van der Waals surface area contributed by atoms with Crippen LogP contribution in [0.3, 0.4) is 0 Å². The number of ether oxygens (including phenoxy) is 1. The number of hydrogen-bond acceptors (Lipinski definition) is 2. The average Bonchev–Trinajstić information content (AvgIpc) is 2.17. The van der Waals surface area contributed by atoms with Crippen molar-refractivity contribution in [1.82, 2.24) is 5.32 Å². The lowest BCUT2D eigenvalue weighted by atomic mass is 10.1. The van der Waals surface area contributed by atoms with E-state index in [-0.39, 0.29) is 0 Å². The standard InChI is InChI=1S/C13H29NO/c1-5-6-7-8-13(4)14-9-10-15-11-12(2)3/h12-14H,5-11H2,1-4H3. The van der Waals surface area contributed by atoms with E-state index in [4.69, 9.17) is 4.74 Å². The van der Waals surface area contributed by atoms with Crippen molar-refractivity contribution in [2.45, 2.75) is 59.4 Å². The Morgan fingerprint density at radius 2 is 1.87 bits per heavy atom. The highest BCUT2D eigenvalue weighted by Gasteiger charge is 2.00. The van der Waals surface area contributed by atoms with E-state index in [0.29, 0.717) is 12.0 Å². The smallest absolute Gasteiger partial charge is 0.0591 e. The summed E-state index contributed by atoms with van der Waals surface area (Å²) < 4.78 is 5.51. The molecule has 0 bridgehead atoms. The van der Waals surface area contributed by atoms with Crippen LogP contribution in [-0.4, -0.2) is 25.8 Å². The SMILES string of the molecule is CCCCCC(C)NCCOCC(C)C. The quantitative estimate of drug-likeness (QED) is 0.565. The summed E-state index contributed by atoms with van der Waals surface area (Å²) in [7, 11) is 0. The first-order valence-electron chi connectivity index (χ1n) is 6.48. The predicted molar refractivity (Wildman–Crippen MR) is 67.3 cm³/mol. The van der Waals surface area contributed by atoms with Crippen molar-refractivity contribution in [2.24, 2.45) is 5.92 Å². The van der Waals surface area contributed by atoms with Gasteiger partial charge in [-0.1, -0.05) is 40.0 Å². The van der Waals surface area contributed by atoms with Crippen molar-refractivity contribution in [2.75, 3.05) is 19.8 Å². The van der Waals surface area contributed by atoms with E-state index in [1.807, 2.05) is 0 Å². The van der Waals surface area contributed by atoms with Crippen molar-refractivity contribution in [3.05, 3.63) is 0 Å². The molecule has 1 N–H and O–H groups in total. The zero-order chi connectivity index (χ0) is 11.5. The van der Waals surface area contributed by atoms with Crippen LogP contribution in [0.2, 0.25) is 0 Å². The minimum absolute atomic E-state index is 0.638. The molecule has 0 aromatic rings. The Morgan fingerprint density at radius 3 is 2.47 bits per heavy atom. The van der Waals surface area contributed by atoms with Crippen molar-refractivity contribution in [3.8, 4) is 0 Å². The highest BCUT2D eigenvalue weighted by atomic mass is 16.5. The normalized spacial score (nSPS) is 13.4. The largest absolute Gasteiger partial charge is 0.380 e. The van der Waals surface area contributed by atoms with E-state index < -0.39 is 0 Å². The molecule has 0 saturated carbocycles. The van der Waals surface area contributed by atoms with Gasteiger partial charge in [-0.2, -0.15) is 0 Å². The van der Waals surface area contributed by atoms with Gasteiger partial charge in [0, 0.05) is 19.2 Å². The van der Waals surface area contributed by atoms with E-state index in [0.717, 1.165) is 19.8 Å². The minimum Gasteiger partial charge on any atom is -0.380 e. The molecule has 0 heterocycles. The first kappa shape index (κ1) is 14.9. The fourth-order valence-electron chi connectivity index (χ4n) is 1.50. The van der Waals surface area contributed by atoms with Crippen molar-refractivity contribution >= 4 is 0 Å². The Bertz CT molecular complexity index is 126. The molecule has 0 aromatic heterocycles. The van der Waals surface area contributed by atoms with Crippen LogP contribution in [-0.2, 0) is 4.74 Å². The Kier molecular flexibility index (Phi) is 10.4. The summed E-state index contributed by atoms with van der Waals surface area (Å²) >= 11 is 0. The van der Waals surface area contributed by atoms with Gasteiger partial charge >= 0.3 is 0 Å². The number of rotatable bonds is 10. The molecule has 0 aliphatic heterocycles. The maximum atomic E-state index is 5.51. The molecule has 1 unspecified atom stereocenters. The molecule has 2 heteroatoms. The third-order valence-corrected chi connectivity index (χ3v) is 2.43. The second-order valence-corrected chi connectivity index (χ2v) is 4.82. The summed E-state index contributed by atoms with van der Waals surface area (Å²) in [4.78, 5) is 0. The van der Waals surface area contributed by atoms with Gasteiger partial charge in [0.2, 0.25) is 0 Å². The highest BCUT2D eigenvalue weighted by Crippen LogP contribution is 2.02. The first-order chi connectivity index (χ1) is 7.16. The molecule has 92 valence electrons. The fraction of sp³-hybridized carbons (Fsp3) is 1.00. The Balaban J connectivity index is 3.13. The molecule has 0 rings (SSSR count). The molecule has 0 amide bonds. The topological polar surface area (TPSA) is 21.3 Å². The van der Waals surface area contributed by atoms with Crippen molar-refractivity contribution in [1.29, 1.82) is 0 Å². The van der Waals surface area contributed by atoms with Gasteiger partial charge in [-0.15, -0.1) is 0 Å². The van der Waals surface area contributed by atoms with Gasteiger partial charge in [0.25, 0.3) is 0 Å². The van der Waals surface area contributed by atoms with Crippen LogP contribution < -0.4 is 5.32 Å². The maximum Gasteiger partial charge on any atom is 0.0591 e. The summed E-state index contributed by atoms with van der Waals surface area (Å²) in [5, 5.41) is 3.49. The van der Waals surface area contributed by atoms with Crippen LogP contribution in [0.5, 0.6) is 0 Å². The van der Waals surface area contributed by atoms with E-state index in [9.17, 15) is 0 Å². The molecular formula is C13H29NO. The van der Waals surface area contributed by atoms with Crippen LogP contribution in [0.1, 0.15) is 53.4 Å². The molecule has 0 radical (unpaired) electrons. The first-order valence-corrected chi connectivity index (χ1v) is 6.48. The lowest BCUT2D eigenvalue weighted by Gasteiger charge is -2.14. The highest BCUT2D eigenvalue weighted by molar-refractivity contribution is 4.60. The Hall–Kier alpha value is -0.0800. The molecule has 1 atom stereocenters. The van der Waals surface area contributed by atoms with Gasteiger partial charge in [0.05, 0.1) is 6.61 Å². The van der Waals surface area contributed by atoms with Gasteiger partial charge in [-0.25, -0.2) is 0 Å². The van der Waals surface area contributed by atoms with Crippen LogP contribution in [0.25, 0.3) is 0 Å². The van der Waals surface area contributed by atoms with E-state index >= 15 is 0 Å². The molecule has 0 saturated heterocycles. The van der Waals surface area contributed by atoms with Gasteiger partial charge in [-0.05, 0) is 19.3 Å². The van der Waals surface area contributed by atoms with Crippen molar-refractivity contribution < 1.29 is 4.74 Å². The Labute approximate surface area is 95.8 Å². The molecular weight excluding hydrogens is 186 g/mol. The molecule has 0 fully saturated rings. The van der Waals surface area contributed by atoms with E-state index in [1.54, 1.807) is 0 Å². The predicted octanol–water partition coefficient (Wildman–Crippen LogP) is 3.22. The van der Waals surface area contributed by atoms with Gasteiger partial charge in [-0.3, -0.25) is 0 Å². The summed E-state index contributed by atoms with van der Waals surface area (Å²) in [6, 6.07) is 0.638. The van der Waals surface area contributed by atoms with E-state index in [2.05, 4.69) is 33.0 Å². The molecule has 0 spiro atoms. The molecule has 15 heavy (non-hydrogen) atoms. The summed E-state index contributed by atoms with van der Waals surface area (Å²) in [6.07, 6.45) is 5.30. The average molecular weight is 215 g/mol. The monoisotopic (exact) mass is 215 g/mol. The van der Waals surface area contributed by atoms with Crippen LogP contribution in [0, 0.1) is 5.92 Å². The minimum atomic E-state index is 0.638. The summed E-state index contributed by atoms with van der Waals surface area (Å²) in [6.45, 7) is 11.6. The number of unbranched alkanes of at least 4 members (excludes halogenated alkanes) is 2. The third kappa shape index (κ3) is 11.8. The zero-order valence-electron chi connectivity index (χ0n) is 11.0. The molecule has 2 nitrogen and oxygen atoms in total. The van der Waals surface area contributed by atoms with Crippen LogP contribution in [0.15, 0.2) is 0 Å². The number of hydrogen-bond donors (Lipinski definition) is 1. The summed E-state index contributed by atoms with van der Waals surface area (Å²) in [5.74, 6) is 0.645.